The van der Waals surface area contributed by atoms with E-state index in [2.05, 4.69) is 12.2 Å². The zero-order valence-electron chi connectivity index (χ0n) is 8.54. The molecule has 0 saturated heterocycles. The third kappa shape index (κ3) is 1.60. The topological polar surface area (TPSA) is 18.5 Å². The zero-order valence-corrected chi connectivity index (χ0v) is 8.54. The lowest BCUT2D eigenvalue weighted by Gasteiger charge is -2.10. The molecule has 2 heteroatoms. The van der Waals surface area contributed by atoms with E-state index in [1.165, 1.54) is 0 Å². The Bertz CT molecular complexity index is 367. The molecular formula is C12H14O2. The smallest absolute Gasteiger partial charge is 0.127 e. The molecule has 2 nitrogen and oxygen atoms in total. The van der Waals surface area contributed by atoms with Crippen molar-refractivity contribution >= 4 is 6.08 Å². The van der Waals surface area contributed by atoms with Gasteiger partial charge in [-0.3, -0.25) is 0 Å². The monoisotopic (exact) mass is 190 g/mol. The lowest BCUT2D eigenvalue weighted by atomic mass is 10.1. The van der Waals surface area contributed by atoms with Gasteiger partial charge in [-0.2, -0.15) is 0 Å². The van der Waals surface area contributed by atoms with Crippen LogP contribution in [0.25, 0.3) is 6.08 Å². The van der Waals surface area contributed by atoms with Crippen LogP contribution in [-0.2, 0) is 0 Å². The van der Waals surface area contributed by atoms with Gasteiger partial charge in [-0.15, -0.1) is 0 Å². The van der Waals surface area contributed by atoms with E-state index >= 15 is 0 Å². The van der Waals surface area contributed by atoms with Crippen molar-refractivity contribution in [2.24, 2.45) is 0 Å². The van der Waals surface area contributed by atoms with Crippen LogP contribution < -0.4 is 9.47 Å². The maximum atomic E-state index is 5.61. The summed E-state index contributed by atoms with van der Waals surface area (Å²) in [5.74, 6) is 1.87. The van der Waals surface area contributed by atoms with E-state index in [1.54, 1.807) is 7.11 Å². The van der Waals surface area contributed by atoms with E-state index in [9.17, 15) is 0 Å². The molecule has 0 saturated carbocycles. The Hall–Kier alpha value is -1.44. The van der Waals surface area contributed by atoms with Crippen LogP contribution in [0.2, 0.25) is 0 Å². The van der Waals surface area contributed by atoms with Crippen LogP contribution in [-0.4, -0.2) is 13.7 Å². The third-order valence-corrected chi connectivity index (χ3v) is 2.37. The minimum Gasteiger partial charge on any atom is -0.496 e. The first-order valence-corrected chi connectivity index (χ1v) is 4.79. The predicted molar refractivity (Wildman–Crippen MR) is 56.9 cm³/mol. The molecule has 2 rings (SSSR count). The molecule has 1 heterocycles. The van der Waals surface area contributed by atoms with E-state index in [0.29, 0.717) is 0 Å². The lowest BCUT2D eigenvalue weighted by Crippen LogP contribution is -1.96. The molecule has 0 aliphatic carbocycles. The fourth-order valence-corrected chi connectivity index (χ4v) is 1.60. The standard InChI is InChI=1S/C12H14O2/c1-9-7-12-10(8-11(9)13-2)5-3-4-6-14-12/h3,5,7-8H,4,6H2,1-2H3. The van der Waals surface area contributed by atoms with E-state index in [0.717, 1.165) is 35.7 Å². The van der Waals surface area contributed by atoms with Crippen LogP contribution in [0.15, 0.2) is 18.2 Å². The fraction of sp³-hybridized carbons (Fsp3) is 0.333. The van der Waals surface area contributed by atoms with Gasteiger partial charge in [-0.25, -0.2) is 0 Å². The van der Waals surface area contributed by atoms with Crippen LogP contribution in [0, 0.1) is 6.92 Å². The Morgan fingerprint density at radius 1 is 1.36 bits per heavy atom. The first-order chi connectivity index (χ1) is 6.81. The maximum Gasteiger partial charge on any atom is 0.127 e. The average molecular weight is 190 g/mol. The lowest BCUT2D eigenvalue weighted by molar-refractivity contribution is 0.325. The summed E-state index contributed by atoms with van der Waals surface area (Å²) in [6.45, 7) is 2.78. The van der Waals surface area contributed by atoms with Crippen molar-refractivity contribution in [1.29, 1.82) is 0 Å². The first kappa shape index (κ1) is 9.13. The highest BCUT2D eigenvalue weighted by Gasteiger charge is 2.08. The Labute approximate surface area is 84.2 Å². The van der Waals surface area contributed by atoms with Gasteiger partial charge in [-0.1, -0.05) is 12.2 Å². The summed E-state index contributed by atoms with van der Waals surface area (Å²) in [5, 5.41) is 0. The molecule has 14 heavy (non-hydrogen) atoms. The van der Waals surface area contributed by atoms with Gasteiger partial charge >= 0.3 is 0 Å². The second-order valence-corrected chi connectivity index (χ2v) is 3.40. The quantitative estimate of drug-likeness (QED) is 0.678. The van der Waals surface area contributed by atoms with Crippen LogP contribution in [0.5, 0.6) is 11.5 Å². The number of benzene rings is 1. The number of aryl methyl sites for hydroxylation is 1. The molecule has 0 radical (unpaired) electrons. The highest BCUT2D eigenvalue weighted by atomic mass is 16.5. The first-order valence-electron chi connectivity index (χ1n) is 4.79. The molecule has 1 aromatic rings. The summed E-state index contributed by atoms with van der Waals surface area (Å²) in [7, 11) is 1.69. The van der Waals surface area contributed by atoms with Gasteiger partial charge in [0.15, 0.2) is 0 Å². The van der Waals surface area contributed by atoms with Gasteiger partial charge in [0.2, 0.25) is 0 Å². The molecule has 0 fully saturated rings. The molecule has 1 aliphatic heterocycles. The van der Waals surface area contributed by atoms with Crippen LogP contribution in [0.4, 0.5) is 0 Å². The highest BCUT2D eigenvalue weighted by Crippen LogP contribution is 2.30. The molecule has 0 bridgehead atoms. The molecule has 1 aromatic carbocycles. The molecular weight excluding hydrogens is 176 g/mol. The van der Waals surface area contributed by atoms with E-state index in [4.69, 9.17) is 9.47 Å². The molecule has 0 aromatic heterocycles. The average Bonchev–Trinajstić information content (AvgIpc) is 2.41. The van der Waals surface area contributed by atoms with Gasteiger partial charge in [0.05, 0.1) is 13.7 Å². The van der Waals surface area contributed by atoms with E-state index in [-0.39, 0.29) is 0 Å². The van der Waals surface area contributed by atoms with Gasteiger partial charge in [0.1, 0.15) is 11.5 Å². The minimum atomic E-state index is 0.759. The van der Waals surface area contributed by atoms with Crippen LogP contribution in [0.3, 0.4) is 0 Å². The van der Waals surface area contributed by atoms with Crippen molar-refractivity contribution in [3.63, 3.8) is 0 Å². The van der Waals surface area contributed by atoms with Crippen molar-refractivity contribution in [3.05, 3.63) is 29.3 Å². The van der Waals surface area contributed by atoms with Crippen molar-refractivity contribution in [1.82, 2.24) is 0 Å². The molecule has 0 spiro atoms. The number of hydrogen-bond donors (Lipinski definition) is 0. The van der Waals surface area contributed by atoms with Crippen molar-refractivity contribution < 1.29 is 9.47 Å². The molecule has 74 valence electrons. The molecule has 0 atom stereocenters. The summed E-state index contributed by atoms with van der Waals surface area (Å²) < 4.78 is 10.9. The highest BCUT2D eigenvalue weighted by molar-refractivity contribution is 5.62. The summed E-state index contributed by atoms with van der Waals surface area (Å²) >= 11 is 0. The summed E-state index contributed by atoms with van der Waals surface area (Å²) in [4.78, 5) is 0. The number of rotatable bonds is 1. The van der Waals surface area contributed by atoms with Gasteiger partial charge in [-0.05, 0) is 31.0 Å². The number of hydrogen-bond acceptors (Lipinski definition) is 2. The van der Waals surface area contributed by atoms with Crippen molar-refractivity contribution in [2.45, 2.75) is 13.3 Å². The zero-order chi connectivity index (χ0) is 9.97. The Balaban J connectivity index is 2.49. The SMILES string of the molecule is COc1cc2c(cc1C)OCCC=C2. The molecule has 0 unspecified atom stereocenters. The second-order valence-electron chi connectivity index (χ2n) is 3.40. The number of methoxy groups -OCH3 is 1. The largest absolute Gasteiger partial charge is 0.496 e. The third-order valence-electron chi connectivity index (χ3n) is 2.37. The normalized spacial score (nSPS) is 14.1. The summed E-state index contributed by atoms with van der Waals surface area (Å²) in [6.07, 6.45) is 5.18. The van der Waals surface area contributed by atoms with Crippen molar-refractivity contribution in [3.8, 4) is 11.5 Å². The van der Waals surface area contributed by atoms with Crippen LogP contribution >= 0.6 is 0 Å². The molecule has 0 N–H and O–H groups in total. The van der Waals surface area contributed by atoms with E-state index < -0.39 is 0 Å². The van der Waals surface area contributed by atoms with E-state index in [1.807, 2.05) is 19.1 Å². The molecule has 1 aliphatic rings. The summed E-state index contributed by atoms with van der Waals surface area (Å²) in [5.41, 5.74) is 2.21. The van der Waals surface area contributed by atoms with Crippen molar-refractivity contribution in [2.75, 3.05) is 13.7 Å². The summed E-state index contributed by atoms with van der Waals surface area (Å²) in [6, 6.07) is 4.05. The second kappa shape index (κ2) is 3.74. The van der Waals surface area contributed by atoms with Crippen LogP contribution in [0.1, 0.15) is 17.5 Å². The maximum absolute atomic E-state index is 5.61. The Morgan fingerprint density at radius 3 is 3.00 bits per heavy atom. The predicted octanol–water partition coefficient (Wildman–Crippen LogP) is 2.80. The Kier molecular flexibility index (Phi) is 2.44. The molecule has 0 amide bonds. The fourth-order valence-electron chi connectivity index (χ4n) is 1.60. The van der Waals surface area contributed by atoms with Gasteiger partial charge in [0.25, 0.3) is 0 Å². The van der Waals surface area contributed by atoms with Gasteiger partial charge < -0.3 is 9.47 Å². The number of ether oxygens (including phenoxy) is 2. The van der Waals surface area contributed by atoms with Gasteiger partial charge in [0, 0.05) is 5.56 Å². The Morgan fingerprint density at radius 2 is 2.21 bits per heavy atom. The minimum absolute atomic E-state index is 0.759. The number of fused-ring (bicyclic) bond motifs is 1.